The molecule has 0 fully saturated rings. The number of anilines is 3. The second-order valence-electron chi connectivity index (χ2n) is 5.13. The van der Waals surface area contributed by atoms with Crippen molar-refractivity contribution in [2.24, 2.45) is 0 Å². The molecule has 0 unspecified atom stereocenters. The lowest BCUT2D eigenvalue weighted by molar-refractivity contribution is -0.113. The SMILES string of the molecule is Cc1cccc(Nc2ncnc3cc(NC(=O)CCl)ccc23)c1. The maximum atomic E-state index is 11.4. The molecule has 1 aromatic heterocycles. The van der Waals surface area contributed by atoms with Crippen molar-refractivity contribution >= 4 is 45.6 Å². The van der Waals surface area contributed by atoms with Crippen molar-refractivity contribution in [3.8, 4) is 0 Å². The fraction of sp³-hybridized carbons (Fsp3) is 0.118. The third-order valence-electron chi connectivity index (χ3n) is 3.32. The molecule has 2 N–H and O–H groups in total. The average Bonchev–Trinajstić information content (AvgIpc) is 2.55. The van der Waals surface area contributed by atoms with Gasteiger partial charge in [-0.05, 0) is 42.8 Å². The monoisotopic (exact) mass is 326 g/mol. The lowest BCUT2D eigenvalue weighted by Crippen LogP contribution is -2.12. The van der Waals surface area contributed by atoms with Crippen LogP contribution in [0.1, 0.15) is 5.56 Å². The summed E-state index contributed by atoms with van der Waals surface area (Å²) in [7, 11) is 0. The molecule has 5 nitrogen and oxygen atoms in total. The van der Waals surface area contributed by atoms with E-state index in [1.54, 1.807) is 12.1 Å². The Morgan fingerprint density at radius 1 is 1.13 bits per heavy atom. The number of alkyl halides is 1. The van der Waals surface area contributed by atoms with E-state index in [-0.39, 0.29) is 11.8 Å². The van der Waals surface area contributed by atoms with Gasteiger partial charge in [0.25, 0.3) is 0 Å². The van der Waals surface area contributed by atoms with Crippen molar-refractivity contribution in [3.05, 3.63) is 54.4 Å². The van der Waals surface area contributed by atoms with Gasteiger partial charge in [0.1, 0.15) is 18.0 Å². The Bertz CT molecular complexity index is 866. The number of aromatic nitrogens is 2. The molecule has 0 saturated heterocycles. The van der Waals surface area contributed by atoms with E-state index in [1.807, 2.05) is 37.3 Å². The first kappa shape index (κ1) is 15.2. The molecule has 6 heteroatoms. The van der Waals surface area contributed by atoms with E-state index in [9.17, 15) is 4.79 Å². The number of amides is 1. The molecule has 0 aliphatic rings. The first-order valence-corrected chi connectivity index (χ1v) is 7.63. The van der Waals surface area contributed by atoms with Crippen LogP contribution in [0.2, 0.25) is 0 Å². The van der Waals surface area contributed by atoms with Crippen LogP contribution in [0, 0.1) is 6.92 Å². The van der Waals surface area contributed by atoms with Gasteiger partial charge in [0.15, 0.2) is 0 Å². The smallest absolute Gasteiger partial charge is 0.239 e. The van der Waals surface area contributed by atoms with Crippen LogP contribution >= 0.6 is 11.6 Å². The summed E-state index contributed by atoms with van der Waals surface area (Å²) >= 11 is 5.50. The number of carbonyl (C=O) groups excluding carboxylic acids is 1. The number of aryl methyl sites for hydroxylation is 1. The van der Waals surface area contributed by atoms with Gasteiger partial charge in [-0.15, -0.1) is 11.6 Å². The first-order chi connectivity index (χ1) is 11.2. The summed E-state index contributed by atoms with van der Waals surface area (Å²) in [4.78, 5) is 19.9. The van der Waals surface area contributed by atoms with Gasteiger partial charge >= 0.3 is 0 Å². The summed E-state index contributed by atoms with van der Waals surface area (Å²) in [5.41, 5.74) is 3.52. The van der Waals surface area contributed by atoms with Crippen molar-refractivity contribution < 1.29 is 4.79 Å². The number of nitrogens with zero attached hydrogens (tertiary/aromatic N) is 2. The Morgan fingerprint density at radius 3 is 2.78 bits per heavy atom. The van der Waals surface area contributed by atoms with Crippen LogP contribution in [0.4, 0.5) is 17.2 Å². The van der Waals surface area contributed by atoms with Crippen LogP contribution in [-0.2, 0) is 4.79 Å². The molecule has 0 spiro atoms. The molecular formula is C17H15ClN4O. The van der Waals surface area contributed by atoms with Crippen LogP contribution in [0.25, 0.3) is 10.9 Å². The van der Waals surface area contributed by atoms with Crippen molar-refractivity contribution in [2.75, 3.05) is 16.5 Å². The molecule has 116 valence electrons. The fourth-order valence-electron chi connectivity index (χ4n) is 2.29. The number of benzene rings is 2. The highest BCUT2D eigenvalue weighted by Crippen LogP contribution is 2.25. The van der Waals surface area contributed by atoms with Crippen LogP contribution in [0.3, 0.4) is 0 Å². The van der Waals surface area contributed by atoms with Gasteiger partial charge in [0.05, 0.1) is 5.52 Å². The number of hydrogen-bond acceptors (Lipinski definition) is 4. The van der Waals surface area contributed by atoms with Crippen molar-refractivity contribution in [3.63, 3.8) is 0 Å². The van der Waals surface area contributed by atoms with Crippen molar-refractivity contribution in [1.82, 2.24) is 9.97 Å². The van der Waals surface area contributed by atoms with Crippen molar-refractivity contribution in [1.29, 1.82) is 0 Å². The largest absolute Gasteiger partial charge is 0.340 e. The zero-order valence-corrected chi connectivity index (χ0v) is 13.3. The minimum atomic E-state index is -0.252. The molecule has 1 amide bonds. The highest BCUT2D eigenvalue weighted by molar-refractivity contribution is 6.29. The minimum Gasteiger partial charge on any atom is -0.340 e. The Labute approximate surface area is 138 Å². The van der Waals surface area contributed by atoms with E-state index in [2.05, 4.69) is 20.6 Å². The Balaban J connectivity index is 1.94. The predicted molar refractivity (Wildman–Crippen MR) is 93.3 cm³/mol. The Hall–Kier alpha value is -2.66. The molecule has 0 bridgehead atoms. The van der Waals surface area contributed by atoms with Crippen LogP contribution < -0.4 is 10.6 Å². The first-order valence-electron chi connectivity index (χ1n) is 7.10. The number of nitrogens with one attached hydrogen (secondary N) is 2. The third-order valence-corrected chi connectivity index (χ3v) is 3.57. The highest BCUT2D eigenvalue weighted by atomic mass is 35.5. The van der Waals surface area contributed by atoms with E-state index in [0.29, 0.717) is 5.69 Å². The van der Waals surface area contributed by atoms with Crippen LogP contribution in [0.15, 0.2) is 48.8 Å². The maximum Gasteiger partial charge on any atom is 0.239 e. The zero-order valence-electron chi connectivity index (χ0n) is 12.5. The summed E-state index contributed by atoms with van der Waals surface area (Å²) in [6.45, 7) is 2.04. The van der Waals surface area contributed by atoms with Gasteiger partial charge in [-0.25, -0.2) is 9.97 Å². The number of halogens is 1. The second kappa shape index (κ2) is 6.62. The molecular weight excluding hydrogens is 312 g/mol. The van der Waals surface area contributed by atoms with E-state index < -0.39 is 0 Å². The number of carbonyl (C=O) groups is 1. The summed E-state index contributed by atoms with van der Waals surface area (Å²) in [5, 5.41) is 6.88. The van der Waals surface area contributed by atoms with Crippen LogP contribution in [-0.4, -0.2) is 21.8 Å². The summed E-state index contributed by atoms with van der Waals surface area (Å²) in [6, 6.07) is 13.5. The van der Waals surface area contributed by atoms with Gasteiger partial charge < -0.3 is 10.6 Å². The van der Waals surface area contributed by atoms with E-state index in [4.69, 9.17) is 11.6 Å². The van der Waals surface area contributed by atoms with Gasteiger partial charge in [0, 0.05) is 16.8 Å². The van der Waals surface area contributed by atoms with Gasteiger partial charge in [0.2, 0.25) is 5.91 Å². The molecule has 2 aromatic carbocycles. The molecule has 3 rings (SSSR count). The molecule has 0 atom stereocenters. The predicted octanol–water partition coefficient (Wildman–Crippen LogP) is 3.86. The number of rotatable bonds is 4. The van der Waals surface area contributed by atoms with Gasteiger partial charge in [-0.2, -0.15) is 0 Å². The van der Waals surface area contributed by atoms with Crippen LogP contribution in [0.5, 0.6) is 0 Å². The lowest BCUT2D eigenvalue weighted by atomic mass is 10.2. The summed E-state index contributed by atoms with van der Waals surface area (Å²) in [6.07, 6.45) is 1.49. The molecule has 0 aliphatic carbocycles. The van der Waals surface area contributed by atoms with E-state index in [1.165, 1.54) is 11.9 Å². The zero-order chi connectivity index (χ0) is 16.2. The van der Waals surface area contributed by atoms with E-state index in [0.717, 1.165) is 22.4 Å². The number of hydrogen-bond donors (Lipinski definition) is 2. The Morgan fingerprint density at radius 2 is 2.00 bits per heavy atom. The molecule has 23 heavy (non-hydrogen) atoms. The molecule has 1 heterocycles. The average molecular weight is 327 g/mol. The molecule has 3 aromatic rings. The second-order valence-corrected chi connectivity index (χ2v) is 5.40. The maximum absolute atomic E-state index is 11.4. The normalized spacial score (nSPS) is 10.5. The molecule has 0 aliphatic heterocycles. The van der Waals surface area contributed by atoms with Crippen molar-refractivity contribution in [2.45, 2.75) is 6.92 Å². The highest BCUT2D eigenvalue weighted by Gasteiger charge is 2.07. The van der Waals surface area contributed by atoms with Gasteiger partial charge in [-0.3, -0.25) is 4.79 Å². The lowest BCUT2D eigenvalue weighted by Gasteiger charge is -2.10. The molecule has 0 radical (unpaired) electrons. The Kier molecular flexibility index (Phi) is 4.39. The quantitative estimate of drug-likeness (QED) is 0.714. The molecule has 0 saturated carbocycles. The summed E-state index contributed by atoms with van der Waals surface area (Å²) < 4.78 is 0. The van der Waals surface area contributed by atoms with E-state index >= 15 is 0 Å². The minimum absolute atomic E-state index is 0.0814. The topological polar surface area (TPSA) is 66.9 Å². The standard InChI is InChI=1S/C17H15ClN4O/c1-11-3-2-4-12(7-11)22-17-14-6-5-13(21-16(23)9-18)8-15(14)19-10-20-17/h2-8,10H,9H2,1H3,(H,21,23)(H,19,20,22). The fourth-order valence-corrected chi connectivity index (χ4v) is 2.36. The van der Waals surface area contributed by atoms with Gasteiger partial charge in [-0.1, -0.05) is 12.1 Å². The third kappa shape index (κ3) is 3.57. The summed E-state index contributed by atoms with van der Waals surface area (Å²) in [5.74, 6) is 0.385. The number of fused-ring (bicyclic) bond motifs is 1.